The molecule has 1 saturated carbocycles. The van der Waals surface area contributed by atoms with Gasteiger partial charge in [0.1, 0.15) is 29.4 Å². The number of amides is 2. The number of ether oxygens (including phenoxy) is 3. The van der Waals surface area contributed by atoms with Crippen LogP contribution in [0.4, 0.5) is 4.79 Å². The van der Waals surface area contributed by atoms with Gasteiger partial charge in [-0.05, 0) is 76.1 Å². The van der Waals surface area contributed by atoms with Crippen molar-refractivity contribution >= 4 is 52.8 Å². The van der Waals surface area contributed by atoms with Crippen molar-refractivity contribution in [3.63, 3.8) is 0 Å². The van der Waals surface area contributed by atoms with Gasteiger partial charge >= 0.3 is 12.1 Å². The van der Waals surface area contributed by atoms with Crippen molar-refractivity contribution in [3.8, 4) is 28.8 Å². The number of benzene rings is 3. The molecular formula is C39H36Cl3N3O7. The number of aromatic nitrogens is 1. The standard InChI is InChI=1S/C39H36Cl3N3O7/c1-39(2,3)51-38(48)45-16-14-44(15-17-45)36(46)26-18-23(19-27(20-26)37(47)49-4)8-9-24-12-13-28(21-32(24)42)50-22-29-34(43-52-35(29)25-10-11-25)33-30(40)6-5-7-31(33)41/h5-7,12-13,18-21,25H,10-11,14-17,22H2,1-4H3. The molecule has 0 spiro atoms. The number of hydrogen-bond acceptors (Lipinski definition) is 8. The molecule has 13 heteroatoms. The average Bonchev–Trinajstić information content (AvgIpc) is 3.88. The zero-order chi connectivity index (χ0) is 37.2. The van der Waals surface area contributed by atoms with Gasteiger partial charge in [-0.15, -0.1) is 0 Å². The first-order valence-corrected chi connectivity index (χ1v) is 17.8. The van der Waals surface area contributed by atoms with E-state index in [1.165, 1.54) is 13.2 Å². The van der Waals surface area contributed by atoms with Gasteiger partial charge in [0.25, 0.3) is 5.91 Å². The zero-order valence-electron chi connectivity index (χ0n) is 29.1. The number of carbonyl (C=O) groups is 3. The lowest BCUT2D eigenvalue weighted by molar-refractivity contribution is 0.0140. The van der Waals surface area contributed by atoms with Crippen molar-refractivity contribution in [2.75, 3.05) is 33.3 Å². The van der Waals surface area contributed by atoms with E-state index < -0.39 is 17.7 Å². The first-order valence-electron chi connectivity index (χ1n) is 16.7. The Morgan fingerprint density at radius 3 is 2.19 bits per heavy atom. The largest absolute Gasteiger partial charge is 0.489 e. The highest BCUT2D eigenvalue weighted by molar-refractivity contribution is 6.39. The summed E-state index contributed by atoms with van der Waals surface area (Å²) >= 11 is 19.6. The van der Waals surface area contributed by atoms with Crippen molar-refractivity contribution < 1.29 is 33.1 Å². The Morgan fingerprint density at radius 2 is 1.56 bits per heavy atom. The van der Waals surface area contributed by atoms with Crippen LogP contribution in [0, 0.1) is 11.8 Å². The minimum atomic E-state index is -0.619. The van der Waals surface area contributed by atoms with E-state index in [2.05, 4.69) is 17.0 Å². The molecule has 1 aliphatic carbocycles. The Hall–Kier alpha value is -4.69. The summed E-state index contributed by atoms with van der Waals surface area (Å²) in [6, 6.07) is 15.1. The molecule has 2 heterocycles. The van der Waals surface area contributed by atoms with Crippen LogP contribution < -0.4 is 4.74 Å². The fourth-order valence-corrected chi connectivity index (χ4v) is 6.48. The average molecular weight is 765 g/mol. The second kappa shape index (κ2) is 15.5. The molecule has 1 saturated heterocycles. The molecular weight excluding hydrogens is 729 g/mol. The van der Waals surface area contributed by atoms with Crippen LogP contribution in [0.25, 0.3) is 11.3 Å². The molecule has 2 amide bonds. The Kier molecular flexibility index (Phi) is 11.1. The van der Waals surface area contributed by atoms with Gasteiger partial charge in [0, 0.05) is 60.4 Å². The van der Waals surface area contributed by atoms with Crippen molar-refractivity contribution in [1.82, 2.24) is 15.0 Å². The molecule has 270 valence electrons. The normalized spacial score (nSPS) is 14.4. The fourth-order valence-electron chi connectivity index (χ4n) is 5.69. The lowest BCUT2D eigenvalue weighted by Crippen LogP contribution is -2.51. The van der Waals surface area contributed by atoms with Crippen LogP contribution in [0.3, 0.4) is 0 Å². The molecule has 0 unspecified atom stereocenters. The maximum Gasteiger partial charge on any atom is 0.410 e. The molecule has 0 N–H and O–H groups in total. The summed E-state index contributed by atoms with van der Waals surface area (Å²) < 4.78 is 22.3. The van der Waals surface area contributed by atoms with E-state index >= 15 is 0 Å². The van der Waals surface area contributed by atoms with Crippen LogP contribution in [0.2, 0.25) is 15.1 Å². The number of esters is 1. The maximum atomic E-state index is 13.6. The van der Waals surface area contributed by atoms with Gasteiger partial charge < -0.3 is 28.5 Å². The zero-order valence-corrected chi connectivity index (χ0v) is 31.3. The van der Waals surface area contributed by atoms with Crippen LogP contribution in [-0.4, -0.2) is 71.8 Å². The van der Waals surface area contributed by atoms with Crippen molar-refractivity contribution in [2.24, 2.45) is 0 Å². The minimum absolute atomic E-state index is 0.154. The van der Waals surface area contributed by atoms with Gasteiger partial charge in [-0.2, -0.15) is 0 Å². The molecule has 4 aromatic rings. The van der Waals surface area contributed by atoms with E-state index in [0.29, 0.717) is 69.4 Å². The predicted molar refractivity (Wildman–Crippen MR) is 197 cm³/mol. The molecule has 0 atom stereocenters. The summed E-state index contributed by atoms with van der Waals surface area (Å²) in [7, 11) is 1.27. The third kappa shape index (κ3) is 8.67. The van der Waals surface area contributed by atoms with E-state index in [1.807, 2.05) is 0 Å². The van der Waals surface area contributed by atoms with Crippen LogP contribution in [0.15, 0.2) is 59.1 Å². The molecule has 1 aliphatic heterocycles. The van der Waals surface area contributed by atoms with E-state index in [-0.39, 0.29) is 29.6 Å². The van der Waals surface area contributed by atoms with Crippen LogP contribution in [-0.2, 0) is 16.1 Å². The van der Waals surface area contributed by atoms with E-state index in [1.54, 1.807) is 79.1 Å². The lowest BCUT2D eigenvalue weighted by Gasteiger charge is -2.35. The molecule has 2 fully saturated rings. The van der Waals surface area contributed by atoms with Gasteiger partial charge in [0.05, 0.1) is 33.3 Å². The number of hydrogen-bond donors (Lipinski definition) is 0. The Morgan fingerprint density at radius 1 is 0.885 bits per heavy atom. The first-order chi connectivity index (χ1) is 24.8. The van der Waals surface area contributed by atoms with Crippen molar-refractivity contribution in [3.05, 3.63) is 103 Å². The number of nitrogens with zero attached hydrogens (tertiary/aromatic N) is 3. The number of carbonyl (C=O) groups excluding carboxylic acids is 3. The monoisotopic (exact) mass is 763 g/mol. The number of piperazine rings is 1. The highest BCUT2D eigenvalue weighted by atomic mass is 35.5. The SMILES string of the molecule is COC(=O)c1cc(C#Cc2ccc(OCc3c(-c4c(Cl)cccc4Cl)noc3C3CC3)cc2Cl)cc(C(=O)N2CCN(C(=O)OC(C)(C)C)CC2)c1. The minimum Gasteiger partial charge on any atom is -0.489 e. The van der Waals surface area contributed by atoms with Crippen molar-refractivity contribution in [2.45, 2.75) is 51.7 Å². The van der Waals surface area contributed by atoms with Crippen LogP contribution in [0.5, 0.6) is 5.75 Å². The van der Waals surface area contributed by atoms with E-state index in [0.717, 1.165) is 24.2 Å². The summed E-state index contributed by atoms with van der Waals surface area (Å²) in [5.41, 5.74) is 2.66. The number of methoxy groups -OCH3 is 1. The van der Waals surface area contributed by atoms with Gasteiger partial charge in [-0.25, -0.2) is 9.59 Å². The molecule has 3 aromatic carbocycles. The Labute approximate surface area is 316 Å². The van der Waals surface area contributed by atoms with Gasteiger partial charge in [0.15, 0.2) is 0 Å². The summed E-state index contributed by atoms with van der Waals surface area (Å²) in [5.74, 6) is 6.70. The maximum absolute atomic E-state index is 13.6. The quantitative estimate of drug-likeness (QED) is 0.136. The van der Waals surface area contributed by atoms with Gasteiger partial charge in [0.2, 0.25) is 0 Å². The third-order valence-electron chi connectivity index (χ3n) is 8.45. The number of rotatable bonds is 7. The van der Waals surface area contributed by atoms with Gasteiger partial charge in [-0.1, -0.05) is 57.9 Å². The molecule has 52 heavy (non-hydrogen) atoms. The molecule has 0 radical (unpaired) electrons. The summed E-state index contributed by atoms with van der Waals surface area (Å²) in [5, 5.41) is 5.58. The second-order valence-electron chi connectivity index (χ2n) is 13.5. The van der Waals surface area contributed by atoms with Crippen LogP contribution >= 0.6 is 34.8 Å². The summed E-state index contributed by atoms with van der Waals surface area (Å²) in [4.78, 5) is 41.8. The lowest BCUT2D eigenvalue weighted by atomic mass is 10.0. The first kappa shape index (κ1) is 37.1. The van der Waals surface area contributed by atoms with Gasteiger partial charge in [-0.3, -0.25) is 4.79 Å². The van der Waals surface area contributed by atoms with Crippen molar-refractivity contribution in [1.29, 1.82) is 0 Å². The molecule has 10 nitrogen and oxygen atoms in total. The molecule has 1 aromatic heterocycles. The molecule has 6 rings (SSSR count). The smallest absolute Gasteiger partial charge is 0.410 e. The summed E-state index contributed by atoms with van der Waals surface area (Å²) in [6.07, 6.45) is 1.58. The molecule has 0 bridgehead atoms. The Balaban J connectivity index is 1.18. The Bertz CT molecular complexity index is 2060. The predicted octanol–water partition coefficient (Wildman–Crippen LogP) is 8.64. The highest BCUT2D eigenvalue weighted by Crippen LogP contribution is 2.46. The van der Waals surface area contributed by atoms with Crippen LogP contribution in [0.1, 0.15) is 82.7 Å². The number of halogens is 3. The topological polar surface area (TPSA) is 111 Å². The van der Waals surface area contributed by atoms with E-state index in [9.17, 15) is 14.4 Å². The second-order valence-corrected chi connectivity index (χ2v) is 14.7. The third-order valence-corrected chi connectivity index (χ3v) is 9.39. The summed E-state index contributed by atoms with van der Waals surface area (Å²) in [6.45, 7) is 6.82. The van der Waals surface area contributed by atoms with E-state index in [4.69, 9.17) is 53.5 Å². The molecule has 2 aliphatic rings. The highest BCUT2D eigenvalue weighted by Gasteiger charge is 2.34. The fraction of sp³-hybridized carbons (Fsp3) is 0.333.